The van der Waals surface area contributed by atoms with Crippen LogP contribution in [0, 0.1) is 0 Å². The molecule has 3 heteroatoms. The van der Waals surface area contributed by atoms with Crippen LogP contribution >= 0.6 is 27.5 Å². The number of halogens is 2. The number of aromatic nitrogens is 1. The van der Waals surface area contributed by atoms with Crippen LogP contribution in [0.15, 0.2) is 59.2 Å². The first-order chi connectivity index (χ1) is 8.75. The predicted molar refractivity (Wildman–Crippen MR) is 79.9 cm³/mol. The summed E-state index contributed by atoms with van der Waals surface area (Å²) in [5.41, 5.74) is 2.95. The third kappa shape index (κ3) is 2.02. The SMILES string of the molecule is Clc1c(-c2ccccc2)cnc2ccc(Br)cc12. The molecule has 2 aromatic carbocycles. The molecule has 3 rings (SSSR count). The van der Waals surface area contributed by atoms with Crippen molar-refractivity contribution in [1.82, 2.24) is 4.98 Å². The van der Waals surface area contributed by atoms with Gasteiger partial charge in [0.05, 0.1) is 10.5 Å². The molecule has 1 aromatic heterocycles. The van der Waals surface area contributed by atoms with Crippen LogP contribution in [0.1, 0.15) is 0 Å². The van der Waals surface area contributed by atoms with Crippen molar-refractivity contribution in [3.63, 3.8) is 0 Å². The molecule has 0 N–H and O–H groups in total. The van der Waals surface area contributed by atoms with E-state index in [9.17, 15) is 0 Å². The Kier molecular flexibility index (Phi) is 3.06. The predicted octanol–water partition coefficient (Wildman–Crippen LogP) is 5.32. The number of fused-ring (bicyclic) bond motifs is 1. The summed E-state index contributed by atoms with van der Waals surface area (Å²) in [6.45, 7) is 0. The van der Waals surface area contributed by atoms with Crippen molar-refractivity contribution in [1.29, 1.82) is 0 Å². The molecule has 1 heterocycles. The largest absolute Gasteiger partial charge is 0.256 e. The molecule has 3 aromatic rings. The Labute approximate surface area is 119 Å². The van der Waals surface area contributed by atoms with Gasteiger partial charge in [-0.3, -0.25) is 4.98 Å². The fourth-order valence-electron chi connectivity index (χ4n) is 1.95. The van der Waals surface area contributed by atoms with Crippen LogP contribution in [-0.2, 0) is 0 Å². The Hall–Kier alpha value is -1.38. The molecule has 0 spiro atoms. The minimum absolute atomic E-state index is 0.743. The van der Waals surface area contributed by atoms with Crippen LogP contribution in [-0.4, -0.2) is 4.98 Å². The van der Waals surface area contributed by atoms with E-state index in [2.05, 4.69) is 20.9 Å². The van der Waals surface area contributed by atoms with Crippen LogP contribution in [0.2, 0.25) is 5.02 Å². The molecule has 0 saturated heterocycles. The maximum atomic E-state index is 6.49. The summed E-state index contributed by atoms with van der Waals surface area (Å²) < 4.78 is 1.00. The highest BCUT2D eigenvalue weighted by molar-refractivity contribution is 9.10. The van der Waals surface area contributed by atoms with Gasteiger partial charge in [0.15, 0.2) is 0 Å². The van der Waals surface area contributed by atoms with E-state index in [1.807, 2.05) is 54.7 Å². The lowest BCUT2D eigenvalue weighted by atomic mass is 10.1. The number of pyridine rings is 1. The van der Waals surface area contributed by atoms with Crippen LogP contribution in [0.5, 0.6) is 0 Å². The first-order valence-corrected chi connectivity index (χ1v) is 6.72. The molecule has 0 radical (unpaired) electrons. The molecule has 0 aliphatic carbocycles. The molecule has 1 nitrogen and oxygen atoms in total. The van der Waals surface area contributed by atoms with E-state index < -0.39 is 0 Å². The minimum atomic E-state index is 0.743. The Balaban J connectivity index is 2.29. The van der Waals surface area contributed by atoms with Crippen molar-refractivity contribution in [3.8, 4) is 11.1 Å². The zero-order valence-electron chi connectivity index (χ0n) is 9.40. The van der Waals surface area contributed by atoms with Gasteiger partial charge in [-0.15, -0.1) is 0 Å². The zero-order chi connectivity index (χ0) is 12.5. The summed E-state index contributed by atoms with van der Waals surface area (Å²) in [6.07, 6.45) is 1.83. The fourth-order valence-corrected chi connectivity index (χ4v) is 2.62. The van der Waals surface area contributed by atoms with Crippen molar-refractivity contribution in [2.45, 2.75) is 0 Å². The van der Waals surface area contributed by atoms with E-state index >= 15 is 0 Å². The Bertz CT molecular complexity index is 710. The summed E-state index contributed by atoms with van der Waals surface area (Å²) >= 11 is 9.95. The van der Waals surface area contributed by atoms with E-state index in [0.717, 1.165) is 31.5 Å². The van der Waals surface area contributed by atoms with Crippen LogP contribution in [0.3, 0.4) is 0 Å². The number of hydrogen-bond donors (Lipinski definition) is 0. The van der Waals surface area contributed by atoms with Gasteiger partial charge in [-0.05, 0) is 23.8 Å². The number of hydrogen-bond acceptors (Lipinski definition) is 1. The van der Waals surface area contributed by atoms with E-state index in [-0.39, 0.29) is 0 Å². The first-order valence-electron chi connectivity index (χ1n) is 5.55. The van der Waals surface area contributed by atoms with Gasteiger partial charge in [0.25, 0.3) is 0 Å². The lowest BCUT2D eigenvalue weighted by Gasteiger charge is -2.07. The molecule has 0 bridgehead atoms. The summed E-state index contributed by atoms with van der Waals surface area (Å²) in [5, 5.41) is 1.71. The Morgan fingerprint density at radius 2 is 1.78 bits per heavy atom. The first kappa shape index (κ1) is 11.7. The molecule has 88 valence electrons. The molecule has 0 unspecified atom stereocenters. The van der Waals surface area contributed by atoms with Crippen molar-refractivity contribution in [2.24, 2.45) is 0 Å². The van der Waals surface area contributed by atoms with Gasteiger partial charge >= 0.3 is 0 Å². The third-order valence-electron chi connectivity index (χ3n) is 2.85. The maximum Gasteiger partial charge on any atom is 0.0718 e. The second-order valence-corrected chi connectivity index (χ2v) is 5.31. The Morgan fingerprint density at radius 3 is 2.56 bits per heavy atom. The lowest BCUT2D eigenvalue weighted by Crippen LogP contribution is -1.85. The highest BCUT2D eigenvalue weighted by Gasteiger charge is 2.08. The summed E-state index contributed by atoms with van der Waals surface area (Å²) in [7, 11) is 0. The van der Waals surface area contributed by atoms with Gasteiger partial charge < -0.3 is 0 Å². The van der Waals surface area contributed by atoms with Gasteiger partial charge in [-0.1, -0.05) is 57.9 Å². The highest BCUT2D eigenvalue weighted by Crippen LogP contribution is 2.33. The topological polar surface area (TPSA) is 12.9 Å². The maximum absolute atomic E-state index is 6.49. The van der Waals surface area contributed by atoms with Crippen LogP contribution in [0.25, 0.3) is 22.0 Å². The molecule has 0 aliphatic heterocycles. The third-order valence-corrected chi connectivity index (χ3v) is 3.75. The molecular weight excluding hydrogens is 310 g/mol. The molecule has 0 saturated carbocycles. The normalized spacial score (nSPS) is 10.8. The molecule has 0 aliphatic rings. The van der Waals surface area contributed by atoms with Gasteiger partial charge in [0.1, 0.15) is 0 Å². The monoisotopic (exact) mass is 317 g/mol. The average Bonchev–Trinajstić information content (AvgIpc) is 2.41. The Morgan fingerprint density at radius 1 is 1.00 bits per heavy atom. The van der Waals surface area contributed by atoms with Crippen LogP contribution < -0.4 is 0 Å². The number of nitrogens with zero attached hydrogens (tertiary/aromatic N) is 1. The van der Waals surface area contributed by atoms with Crippen molar-refractivity contribution < 1.29 is 0 Å². The molecular formula is C15H9BrClN. The van der Waals surface area contributed by atoms with Crippen molar-refractivity contribution in [2.75, 3.05) is 0 Å². The minimum Gasteiger partial charge on any atom is -0.256 e. The number of rotatable bonds is 1. The van der Waals surface area contributed by atoms with E-state index in [0.29, 0.717) is 0 Å². The lowest BCUT2D eigenvalue weighted by molar-refractivity contribution is 1.40. The molecule has 0 fully saturated rings. The molecule has 18 heavy (non-hydrogen) atoms. The van der Waals surface area contributed by atoms with Gasteiger partial charge in [0, 0.05) is 21.6 Å². The van der Waals surface area contributed by atoms with E-state index in [1.54, 1.807) is 0 Å². The number of benzene rings is 2. The van der Waals surface area contributed by atoms with Crippen molar-refractivity contribution >= 4 is 38.4 Å². The van der Waals surface area contributed by atoms with Crippen LogP contribution in [0.4, 0.5) is 0 Å². The zero-order valence-corrected chi connectivity index (χ0v) is 11.7. The standard InChI is InChI=1S/C15H9BrClN/c16-11-6-7-14-12(8-11)15(17)13(9-18-14)10-4-2-1-3-5-10/h1-9H. The summed E-state index contributed by atoms with van der Waals surface area (Å²) in [4.78, 5) is 4.45. The molecule has 0 amide bonds. The van der Waals surface area contributed by atoms with Gasteiger partial charge in [-0.25, -0.2) is 0 Å². The summed E-state index contributed by atoms with van der Waals surface area (Å²) in [5.74, 6) is 0. The quantitative estimate of drug-likeness (QED) is 0.592. The average molecular weight is 319 g/mol. The second kappa shape index (κ2) is 4.71. The van der Waals surface area contributed by atoms with E-state index in [4.69, 9.17) is 11.6 Å². The second-order valence-electron chi connectivity index (χ2n) is 4.01. The summed E-state index contributed by atoms with van der Waals surface area (Å²) in [6, 6.07) is 16.0. The fraction of sp³-hybridized carbons (Fsp3) is 0. The van der Waals surface area contributed by atoms with Crippen molar-refractivity contribution in [3.05, 3.63) is 64.2 Å². The van der Waals surface area contributed by atoms with Gasteiger partial charge in [0.2, 0.25) is 0 Å². The smallest absolute Gasteiger partial charge is 0.0718 e. The highest BCUT2D eigenvalue weighted by atomic mass is 79.9. The van der Waals surface area contributed by atoms with Gasteiger partial charge in [-0.2, -0.15) is 0 Å². The van der Waals surface area contributed by atoms with E-state index in [1.165, 1.54) is 0 Å². The molecule has 0 atom stereocenters.